The fourth-order valence-corrected chi connectivity index (χ4v) is 3.20. The number of hydrogen-bond acceptors (Lipinski definition) is 2. The molecular weight excluding hydrogens is 150 g/mol. The van der Waals surface area contributed by atoms with Gasteiger partial charge < -0.3 is 5.11 Å². The second-order valence-corrected chi connectivity index (χ2v) is 4.79. The Morgan fingerprint density at radius 3 is 2.42 bits per heavy atom. The van der Waals surface area contributed by atoms with Crippen LogP contribution >= 0.6 is 0 Å². The number of fused-ring (bicyclic) bond motifs is 2. The van der Waals surface area contributed by atoms with E-state index in [1.807, 2.05) is 0 Å². The van der Waals surface area contributed by atoms with Crippen molar-refractivity contribution >= 4 is 0 Å². The van der Waals surface area contributed by atoms with Gasteiger partial charge in [0.2, 0.25) is 0 Å². The van der Waals surface area contributed by atoms with Crippen LogP contribution in [0.4, 0.5) is 0 Å². The van der Waals surface area contributed by atoms with Crippen LogP contribution in [-0.2, 0) is 0 Å². The highest BCUT2D eigenvalue weighted by molar-refractivity contribution is 5.21. The number of nitrogens with zero attached hydrogens (tertiary/aromatic N) is 1. The van der Waals surface area contributed by atoms with Crippen LogP contribution < -0.4 is 0 Å². The molecule has 0 radical (unpaired) electrons. The summed E-state index contributed by atoms with van der Waals surface area (Å²) in [5.74, 6) is 0.562. The quantitative estimate of drug-likeness (QED) is 0.593. The average molecular weight is 165 g/mol. The average Bonchev–Trinajstić information content (AvgIpc) is 2.36. The molecule has 0 aromatic rings. The van der Waals surface area contributed by atoms with Crippen LogP contribution in [0.15, 0.2) is 0 Å². The fourth-order valence-electron chi connectivity index (χ4n) is 3.20. The molecule has 0 aromatic carbocycles. The molecule has 0 heterocycles. The highest BCUT2D eigenvalue weighted by atomic mass is 16.3. The largest absolute Gasteiger partial charge is 0.391 e. The van der Waals surface area contributed by atoms with Crippen molar-refractivity contribution in [3.8, 4) is 6.07 Å². The maximum Gasteiger partial charge on any atom is 0.0885 e. The zero-order chi connectivity index (χ0) is 8.98. The molecule has 12 heavy (non-hydrogen) atoms. The molecule has 0 spiro atoms. The third-order valence-electron chi connectivity index (χ3n) is 4.33. The summed E-state index contributed by atoms with van der Waals surface area (Å²) in [6.07, 6.45) is 2.47. The standard InChI is InChI=1S/C10H15NO/c1-9(2)7-3-4-10(9,6-11)8(12)5-7/h7-8,12H,3-5H2,1-2H3/t7-,8-,10-/m1/s1. The Kier molecular flexibility index (Phi) is 1.36. The van der Waals surface area contributed by atoms with E-state index >= 15 is 0 Å². The van der Waals surface area contributed by atoms with E-state index in [4.69, 9.17) is 5.26 Å². The second kappa shape index (κ2) is 2.03. The third-order valence-corrected chi connectivity index (χ3v) is 4.33. The Bertz CT molecular complexity index is 253. The molecule has 2 heteroatoms. The number of rotatable bonds is 0. The lowest BCUT2D eigenvalue weighted by molar-refractivity contribution is 0.0429. The molecule has 0 saturated heterocycles. The van der Waals surface area contributed by atoms with Gasteiger partial charge in [0.15, 0.2) is 0 Å². The molecule has 0 unspecified atom stereocenters. The highest BCUT2D eigenvalue weighted by Crippen LogP contribution is 2.65. The van der Waals surface area contributed by atoms with E-state index < -0.39 is 5.41 Å². The first-order chi connectivity index (χ1) is 5.54. The predicted molar refractivity (Wildman–Crippen MR) is 45.2 cm³/mol. The van der Waals surface area contributed by atoms with Gasteiger partial charge in [-0.3, -0.25) is 0 Å². The van der Waals surface area contributed by atoms with E-state index in [1.165, 1.54) is 0 Å². The molecule has 0 aromatic heterocycles. The van der Waals surface area contributed by atoms with E-state index in [2.05, 4.69) is 19.9 Å². The van der Waals surface area contributed by atoms with Crippen molar-refractivity contribution in [3.05, 3.63) is 0 Å². The van der Waals surface area contributed by atoms with E-state index in [0.29, 0.717) is 5.92 Å². The number of aliphatic hydroxyl groups excluding tert-OH is 1. The van der Waals surface area contributed by atoms with E-state index in [9.17, 15) is 5.11 Å². The van der Waals surface area contributed by atoms with Crippen LogP contribution in [0, 0.1) is 28.1 Å². The van der Waals surface area contributed by atoms with Gasteiger partial charge in [-0.25, -0.2) is 0 Å². The lowest BCUT2D eigenvalue weighted by atomic mass is 9.69. The lowest BCUT2D eigenvalue weighted by Gasteiger charge is -2.33. The van der Waals surface area contributed by atoms with Gasteiger partial charge in [-0.15, -0.1) is 0 Å². The zero-order valence-corrected chi connectivity index (χ0v) is 7.67. The van der Waals surface area contributed by atoms with Crippen LogP contribution in [-0.4, -0.2) is 11.2 Å². The molecule has 0 aliphatic heterocycles. The van der Waals surface area contributed by atoms with Crippen molar-refractivity contribution in [2.24, 2.45) is 16.7 Å². The van der Waals surface area contributed by atoms with Crippen LogP contribution in [0.5, 0.6) is 0 Å². The summed E-state index contributed by atoms with van der Waals surface area (Å²) in [4.78, 5) is 0. The van der Waals surface area contributed by atoms with Crippen LogP contribution in [0.2, 0.25) is 0 Å². The summed E-state index contributed by atoms with van der Waals surface area (Å²) in [5, 5.41) is 18.9. The van der Waals surface area contributed by atoms with Crippen molar-refractivity contribution in [1.82, 2.24) is 0 Å². The summed E-state index contributed by atoms with van der Waals surface area (Å²) in [5.41, 5.74) is -0.404. The number of aliphatic hydroxyl groups is 1. The second-order valence-electron chi connectivity index (χ2n) is 4.79. The van der Waals surface area contributed by atoms with Crippen molar-refractivity contribution in [1.29, 1.82) is 5.26 Å². The first-order valence-electron chi connectivity index (χ1n) is 4.64. The van der Waals surface area contributed by atoms with Gasteiger partial charge in [-0.1, -0.05) is 13.8 Å². The topological polar surface area (TPSA) is 44.0 Å². The molecule has 2 aliphatic carbocycles. The molecule has 2 nitrogen and oxygen atoms in total. The summed E-state index contributed by atoms with van der Waals surface area (Å²) >= 11 is 0. The first kappa shape index (κ1) is 8.07. The Balaban J connectivity index is 2.48. The zero-order valence-electron chi connectivity index (χ0n) is 7.67. The van der Waals surface area contributed by atoms with Crippen molar-refractivity contribution in [2.45, 2.75) is 39.2 Å². The van der Waals surface area contributed by atoms with Gasteiger partial charge in [0.05, 0.1) is 17.6 Å². The maximum atomic E-state index is 9.78. The molecule has 2 rings (SSSR count). The predicted octanol–water partition coefficient (Wildman–Crippen LogP) is 1.70. The summed E-state index contributed by atoms with van der Waals surface area (Å²) in [6, 6.07) is 2.36. The normalized spacial score (nSPS) is 49.2. The minimum atomic E-state index is -0.433. The van der Waals surface area contributed by atoms with Gasteiger partial charge in [-0.05, 0) is 30.6 Å². The molecule has 3 atom stereocenters. The molecule has 1 N–H and O–H groups in total. The maximum absolute atomic E-state index is 9.78. The van der Waals surface area contributed by atoms with Crippen molar-refractivity contribution < 1.29 is 5.11 Å². The van der Waals surface area contributed by atoms with Crippen LogP contribution in [0.1, 0.15) is 33.1 Å². The molecular formula is C10H15NO. The summed E-state index contributed by atoms with van der Waals surface area (Å²) in [6.45, 7) is 4.26. The Morgan fingerprint density at radius 2 is 2.17 bits per heavy atom. The number of hydrogen-bond donors (Lipinski definition) is 1. The molecule has 2 bridgehead atoms. The van der Waals surface area contributed by atoms with Crippen molar-refractivity contribution in [3.63, 3.8) is 0 Å². The number of nitriles is 1. The van der Waals surface area contributed by atoms with Gasteiger partial charge in [0.25, 0.3) is 0 Å². The minimum Gasteiger partial charge on any atom is -0.391 e. The van der Waals surface area contributed by atoms with Gasteiger partial charge in [0.1, 0.15) is 0 Å². The molecule has 2 saturated carbocycles. The SMILES string of the molecule is CC1(C)[C@@H]2CC[C@@]1(C#N)[C@H](O)C2. The van der Waals surface area contributed by atoms with Gasteiger partial charge in [-0.2, -0.15) is 5.26 Å². The summed E-state index contributed by atoms with van der Waals surface area (Å²) in [7, 11) is 0. The van der Waals surface area contributed by atoms with E-state index in [1.54, 1.807) is 0 Å². The van der Waals surface area contributed by atoms with E-state index in [-0.39, 0.29) is 11.5 Å². The van der Waals surface area contributed by atoms with E-state index in [0.717, 1.165) is 19.3 Å². The lowest BCUT2D eigenvalue weighted by Crippen LogP contribution is -2.36. The molecule has 0 amide bonds. The minimum absolute atomic E-state index is 0.0289. The van der Waals surface area contributed by atoms with Crippen molar-refractivity contribution in [2.75, 3.05) is 0 Å². The first-order valence-corrected chi connectivity index (χ1v) is 4.64. The Hall–Kier alpha value is -0.550. The third kappa shape index (κ3) is 0.603. The van der Waals surface area contributed by atoms with Gasteiger partial charge >= 0.3 is 0 Å². The monoisotopic (exact) mass is 165 g/mol. The smallest absolute Gasteiger partial charge is 0.0885 e. The van der Waals surface area contributed by atoms with Gasteiger partial charge in [0, 0.05) is 0 Å². The Labute approximate surface area is 73.2 Å². The van der Waals surface area contributed by atoms with Crippen LogP contribution in [0.3, 0.4) is 0 Å². The molecule has 2 aliphatic rings. The Morgan fingerprint density at radius 1 is 1.50 bits per heavy atom. The highest BCUT2D eigenvalue weighted by Gasteiger charge is 2.64. The molecule has 2 fully saturated rings. The summed E-state index contributed by atoms with van der Waals surface area (Å²) < 4.78 is 0. The van der Waals surface area contributed by atoms with Crippen LogP contribution in [0.25, 0.3) is 0 Å². The molecule has 66 valence electrons. The fraction of sp³-hybridized carbons (Fsp3) is 0.900.